The number of ether oxygens (including phenoxy) is 1. The Morgan fingerprint density at radius 3 is 2.26 bits per heavy atom. The second-order valence-electron chi connectivity index (χ2n) is 5.11. The Morgan fingerprint density at radius 1 is 1.09 bits per heavy atom. The van der Waals surface area contributed by atoms with Crippen LogP contribution in [0.4, 0.5) is 5.69 Å². The van der Waals surface area contributed by atoms with Crippen LogP contribution in [0.1, 0.15) is 24.2 Å². The van der Waals surface area contributed by atoms with Gasteiger partial charge in [0.05, 0.1) is 6.10 Å². The third-order valence-electron chi connectivity index (χ3n) is 2.82. The summed E-state index contributed by atoms with van der Waals surface area (Å²) in [4.78, 5) is 12.1. The molecule has 0 aromatic heterocycles. The number of hydrogen-bond donors (Lipinski definition) is 2. The minimum atomic E-state index is -0.285. The van der Waals surface area contributed by atoms with Crippen molar-refractivity contribution in [2.45, 2.75) is 20.0 Å². The predicted octanol–water partition coefficient (Wildman–Crippen LogP) is 4.25. The van der Waals surface area contributed by atoms with Crippen molar-refractivity contribution >= 4 is 40.5 Å². The summed E-state index contributed by atoms with van der Waals surface area (Å²) >= 11 is 10.9. The number of carbonyl (C=O) groups excluding carboxylic acids is 1. The minimum Gasteiger partial charge on any atom is -0.491 e. The average Bonchev–Trinajstić information content (AvgIpc) is 2.49. The molecule has 0 heterocycles. The van der Waals surface area contributed by atoms with Crippen LogP contribution in [0.2, 0.25) is 5.02 Å². The first-order valence-electron chi connectivity index (χ1n) is 7.08. The Morgan fingerprint density at radius 2 is 1.70 bits per heavy atom. The molecular weight excluding hydrogens is 332 g/mol. The van der Waals surface area contributed by atoms with E-state index in [0.717, 1.165) is 11.4 Å². The molecule has 0 spiro atoms. The van der Waals surface area contributed by atoms with Crippen LogP contribution in [0.25, 0.3) is 0 Å². The van der Waals surface area contributed by atoms with Gasteiger partial charge >= 0.3 is 0 Å². The summed E-state index contributed by atoms with van der Waals surface area (Å²) in [7, 11) is 0. The van der Waals surface area contributed by atoms with E-state index in [2.05, 4.69) is 10.6 Å². The van der Waals surface area contributed by atoms with Gasteiger partial charge in [-0.2, -0.15) is 0 Å². The van der Waals surface area contributed by atoms with Crippen molar-refractivity contribution in [2.75, 3.05) is 5.32 Å². The number of halogens is 1. The summed E-state index contributed by atoms with van der Waals surface area (Å²) < 4.78 is 5.54. The van der Waals surface area contributed by atoms with Crippen LogP contribution in [0, 0.1) is 0 Å². The summed E-state index contributed by atoms with van der Waals surface area (Å²) in [6, 6.07) is 13.9. The highest BCUT2D eigenvalue weighted by atomic mass is 35.5. The van der Waals surface area contributed by atoms with E-state index in [0.29, 0.717) is 10.6 Å². The maximum Gasteiger partial charge on any atom is 0.257 e. The van der Waals surface area contributed by atoms with Crippen molar-refractivity contribution < 1.29 is 9.53 Å². The third-order valence-corrected chi connectivity index (χ3v) is 3.27. The van der Waals surface area contributed by atoms with Crippen LogP contribution in [-0.4, -0.2) is 17.1 Å². The van der Waals surface area contributed by atoms with E-state index in [1.165, 1.54) is 0 Å². The third kappa shape index (κ3) is 5.54. The van der Waals surface area contributed by atoms with E-state index in [1.54, 1.807) is 48.5 Å². The maximum atomic E-state index is 12.1. The Labute approximate surface area is 145 Å². The molecule has 0 bridgehead atoms. The molecule has 2 aromatic carbocycles. The number of benzene rings is 2. The van der Waals surface area contributed by atoms with Gasteiger partial charge in [0.25, 0.3) is 5.91 Å². The van der Waals surface area contributed by atoms with Crippen molar-refractivity contribution in [3.05, 3.63) is 59.1 Å². The number of hydrogen-bond acceptors (Lipinski definition) is 3. The van der Waals surface area contributed by atoms with Crippen LogP contribution in [0.5, 0.6) is 5.75 Å². The van der Waals surface area contributed by atoms with E-state index in [-0.39, 0.29) is 17.1 Å². The van der Waals surface area contributed by atoms with Gasteiger partial charge in [-0.25, -0.2) is 0 Å². The minimum absolute atomic E-state index is 0.0887. The molecule has 0 unspecified atom stereocenters. The van der Waals surface area contributed by atoms with Crippen molar-refractivity contribution in [3.63, 3.8) is 0 Å². The molecule has 0 aliphatic heterocycles. The summed E-state index contributed by atoms with van der Waals surface area (Å²) in [5.41, 5.74) is 1.25. The Hall–Kier alpha value is -2.11. The SMILES string of the molecule is CC(C)Oc1ccc(C(=O)NC(=S)Nc2ccc(Cl)cc2)cc1. The molecule has 2 N–H and O–H groups in total. The predicted molar refractivity (Wildman–Crippen MR) is 97.3 cm³/mol. The summed E-state index contributed by atoms with van der Waals surface area (Å²) in [5.74, 6) is 0.436. The lowest BCUT2D eigenvalue weighted by atomic mass is 10.2. The lowest BCUT2D eigenvalue weighted by Crippen LogP contribution is -2.34. The van der Waals surface area contributed by atoms with Gasteiger partial charge in [-0.15, -0.1) is 0 Å². The normalized spacial score (nSPS) is 10.3. The maximum absolute atomic E-state index is 12.1. The van der Waals surface area contributed by atoms with Crippen molar-refractivity contribution in [3.8, 4) is 5.75 Å². The first kappa shape index (κ1) is 17.2. The smallest absolute Gasteiger partial charge is 0.257 e. The molecule has 2 aromatic rings. The standard InChI is InChI=1S/C17H17ClN2O2S/c1-11(2)22-15-9-3-12(4-10-15)16(21)20-17(23)19-14-7-5-13(18)6-8-14/h3-11H,1-2H3,(H2,19,20,21,23). The van der Waals surface area contributed by atoms with E-state index in [4.69, 9.17) is 28.6 Å². The topological polar surface area (TPSA) is 50.4 Å². The second kappa shape index (κ2) is 7.94. The van der Waals surface area contributed by atoms with Crippen LogP contribution in [0.15, 0.2) is 48.5 Å². The van der Waals surface area contributed by atoms with Gasteiger partial charge in [0, 0.05) is 16.3 Å². The number of anilines is 1. The van der Waals surface area contributed by atoms with E-state index in [9.17, 15) is 4.79 Å². The fourth-order valence-electron chi connectivity index (χ4n) is 1.83. The number of nitrogens with one attached hydrogen (secondary N) is 2. The highest BCUT2D eigenvalue weighted by Gasteiger charge is 2.08. The number of thiocarbonyl (C=S) groups is 1. The molecule has 0 fully saturated rings. The van der Waals surface area contributed by atoms with E-state index >= 15 is 0 Å². The fourth-order valence-corrected chi connectivity index (χ4v) is 2.16. The highest BCUT2D eigenvalue weighted by molar-refractivity contribution is 7.80. The lowest BCUT2D eigenvalue weighted by molar-refractivity contribution is 0.0977. The number of amides is 1. The van der Waals surface area contributed by atoms with E-state index in [1.807, 2.05) is 13.8 Å². The Bertz CT molecular complexity index is 685. The van der Waals surface area contributed by atoms with Crippen molar-refractivity contribution in [1.82, 2.24) is 5.32 Å². The molecule has 0 aliphatic rings. The Balaban J connectivity index is 1.92. The molecule has 0 saturated heterocycles. The molecule has 0 atom stereocenters. The quantitative estimate of drug-likeness (QED) is 0.811. The first-order valence-corrected chi connectivity index (χ1v) is 7.87. The van der Waals surface area contributed by atoms with E-state index < -0.39 is 0 Å². The summed E-state index contributed by atoms with van der Waals surface area (Å²) in [6.45, 7) is 3.89. The Kier molecular flexibility index (Phi) is 5.96. The zero-order valence-electron chi connectivity index (χ0n) is 12.8. The average molecular weight is 349 g/mol. The zero-order chi connectivity index (χ0) is 16.8. The first-order chi connectivity index (χ1) is 10.9. The molecular formula is C17H17ClN2O2S. The van der Waals surface area contributed by atoms with Gasteiger partial charge in [0.1, 0.15) is 5.75 Å². The molecule has 0 radical (unpaired) electrons. The number of rotatable bonds is 4. The largest absolute Gasteiger partial charge is 0.491 e. The number of carbonyl (C=O) groups is 1. The second-order valence-corrected chi connectivity index (χ2v) is 5.95. The molecule has 23 heavy (non-hydrogen) atoms. The van der Waals surface area contributed by atoms with Crippen molar-refractivity contribution in [2.24, 2.45) is 0 Å². The molecule has 6 heteroatoms. The van der Waals surface area contributed by atoms with Gasteiger partial charge < -0.3 is 10.1 Å². The van der Waals surface area contributed by atoms with Gasteiger partial charge in [0.15, 0.2) is 5.11 Å². The van der Waals surface area contributed by atoms with Gasteiger partial charge in [-0.05, 0) is 74.6 Å². The summed E-state index contributed by atoms with van der Waals surface area (Å²) in [5, 5.41) is 6.41. The molecule has 2 rings (SSSR count). The van der Waals surface area contributed by atoms with Gasteiger partial charge in [0.2, 0.25) is 0 Å². The zero-order valence-corrected chi connectivity index (χ0v) is 14.4. The molecule has 120 valence electrons. The molecule has 1 amide bonds. The fraction of sp³-hybridized carbons (Fsp3) is 0.176. The van der Waals surface area contributed by atoms with Crippen LogP contribution >= 0.6 is 23.8 Å². The lowest BCUT2D eigenvalue weighted by Gasteiger charge is -2.11. The van der Waals surface area contributed by atoms with Crippen LogP contribution in [0.3, 0.4) is 0 Å². The highest BCUT2D eigenvalue weighted by Crippen LogP contribution is 2.15. The molecule has 0 aliphatic carbocycles. The van der Waals surface area contributed by atoms with Gasteiger partial charge in [-0.3, -0.25) is 10.1 Å². The molecule has 0 saturated carbocycles. The van der Waals surface area contributed by atoms with Crippen LogP contribution < -0.4 is 15.4 Å². The monoisotopic (exact) mass is 348 g/mol. The van der Waals surface area contributed by atoms with Crippen molar-refractivity contribution in [1.29, 1.82) is 0 Å². The summed E-state index contributed by atoms with van der Waals surface area (Å²) in [6.07, 6.45) is 0.0887. The van der Waals surface area contributed by atoms with Gasteiger partial charge in [-0.1, -0.05) is 11.6 Å². The molecule has 4 nitrogen and oxygen atoms in total. The van der Waals surface area contributed by atoms with Crippen LogP contribution in [-0.2, 0) is 0 Å².